The summed E-state index contributed by atoms with van der Waals surface area (Å²) in [4.78, 5) is 24.5. The number of aliphatic carboxylic acids is 1. The first-order valence-electron chi connectivity index (χ1n) is 7.09. The van der Waals surface area contributed by atoms with Gasteiger partial charge in [-0.25, -0.2) is 9.59 Å². The molecule has 0 bridgehead atoms. The summed E-state index contributed by atoms with van der Waals surface area (Å²) in [6, 6.07) is 2.47. The van der Waals surface area contributed by atoms with Gasteiger partial charge in [0.2, 0.25) is 0 Å². The van der Waals surface area contributed by atoms with E-state index in [9.17, 15) is 14.7 Å². The van der Waals surface area contributed by atoms with Crippen LogP contribution in [0, 0.1) is 5.41 Å². The fourth-order valence-corrected chi connectivity index (χ4v) is 2.86. The third-order valence-electron chi connectivity index (χ3n) is 3.16. The number of amides is 2. The van der Waals surface area contributed by atoms with Crippen LogP contribution in [0.2, 0.25) is 0 Å². The Morgan fingerprint density at radius 3 is 2.43 bits per heavy atom. The second-order valence-electron chi connectivity index (χ2n) is 6.11. The van der Waals surface area contributed by atoms with Crippen molar-refractivity contribution in [3.05, 3.63) is 22.4 Å². The largest absolute Gasteiger partial charge is 0.480 e. The summed E-state index contributed by atoms with van der Waals surface area (Å²) in [5.74, 6) is -1.03. The first-order valence-corrected chi connectivity index (χ1v) is 7.97. The number of carbonyl (C=O) groups is 2. The number of rotatable bonds is 6. The van der Waals surface area contributed by atoms with Crippen molar-refractivity contribution in [3.8, 4) is 0 Å². The highest BCUT2D eigenvalue weighted by Crippen LogP contribution is 2.23. The minimum atomic E-state index is -1.03. The molecule has 1 aromatic rings. The van der Waals surface area contributed by atoms with Gasteiger partial charge in [0, 0.05) is 4.88 Å². The zero-order valence-corrected chi connectivity index (χ0v) is 13.8. The lowest BCUT2D eigenvalue weighted by atomic mass is 9.87. The van der Waals surface area contributed by atoms with Crippen molar-refractivity contribution >= 4 is 23.3 Å². The molecule has 2 atom stereocenters. The van der Waals surface area contributed by atoms with Crippen LogP contribution in [0.3, 0.4) is 0 Å². The molecule has 1 rings (SSSR count). The molecule has 2 amide bonds. The van der Waals surface area contributed by atoms with Crippen LogP contribution in [-0.2, 0) is 4.79 Å². The van der Waals surface area contributed by atoms with Crippen molar-refractivity contribution in [2.75, 3.05) is 0 Å². The molecule has 21 heavy (non-hydrogen) atoms. The first kappa shape index (κ1) is 17.5. The molecule has 0 aromatic carbocycles. The topological polar surface area (TPSA) is 78.4 Å². The molecule has 1 heterocycles. The lowest BCUT2D eigenvalue weighted by molar-refractivity contribution is -0.141. The van der Waals surface area contributed by atoms with Crippen LogP contribution in [0.25, 0.3) is 0 Å². The highest BCUT2D eigenvalue weighted by molar-refractivity contribution is 7.10. The molecule has 0 radical (unpaired) electrons. The second-order valence-corrected chi connectivity index (χ2v) is 7.09. The first-order chi connectivity index (χ1) is 9.75. The number of carboxylic acid groups (broad SMARTS) is 1. The minimum absolute atomic E-state index is 0.0792. The average Bonchev–Trinajstić information content (AvgIpc) is 2.87. The van der Waals surface area contributed by atoms with Gasteiger partial charge in [0.05, 0.1) is 6.04 Å². The van der Waals surface area contributed by atoms with Gasteiger partial charge in [-0.3, -0.25) is 0 Å². The standard InChI is InChI=1S/C15H24N2O3S/c1-5-7-10(11-8-6-9-21-11)16-14(20)17-12(13(18)19)15(2,3)4/h6,8-10,12H,5,7H2,1-4H3,(H,18,19)(H2,16,17,20)/t10?,12-/m1/s1. The molecule has 5 nitrogen and oxygen atoms in total. The molecular formula is C15H24N2O3S. The monoisotopic (exact) mass is 312 g/mol. The van der Waals surface area contributed by atoms with Crippen LogP contribution in [-0.4, -0.2) is 23.1 Å². The summed E-state index contributed by atoms with van der Waals surface area (Å²) in [5.41, 5.74) is -0.549. The van der Waals surface area contributed by atoms with Gasteiger partial charge in [-0.2, -0.15) is 0 Å². The van der Waals surface area contributed by atoms with Gasteiger partial charge in [0.15, 0.2) is 0 Å². The predicted octanol–water partition coefficient (Wildman–Crippen LogP) is 3.39. The van der Waals surface area contributed by atoms with Crippen LogP contribution < -0.4 is 10.6 Å². The van der Waals surface area contributed by atoms with Crippen molar-refractivity contribution in [1.29, 1.82) is 0 Å². The number of carboxylic acids is 1. The molecular weight excluding hydrogens is 288 g/mol. The summed E-state index contributed by atoms with van der Waals surface area (Å²) < 4.78 is 0. The predicted molar refractivity (Wildman–Crippen MR) is 84.5 cm³/mol. The van der Waals surface area contributed by atoms with Crippen molar-refractivity contribution in [1.82, 2.24) is 10.6 Å². The number of hydrogen-bond acceptors (Lipinski definition) is 3. The molecule has 118 valence electrons. The van der Waals surface area contributed by atoms with Gasteiger partial charge in [-0.15, -0.1) is 11.3 Å². The molecule has 3 N–H and O–H groups in total. The maximum absolute atomic E-state index is 12.1. The normalized spacial score (nSPS) is 14.3. The van der Waals surface area contributed by atoms with E-state index in [0.717, 1.165) is 17.7 Å². The number of urea groups is 1. The van der Waals surface area contributed by atoms with Gasteiger partial charge in [0.25, 0.3) is 0 Å². The van der Waals surface area contributed by atoms with E-state index in [1.165, 1.54) is 0 Å². The molecule has 1 unspecified atom stereocenters. The Morgan fingerprint density at radius 2 is 2.00 bits per heavy atom. The zero-order valence-electron chi connectivity index (χ0n) is 13.0. The lowest BCUT2D eigenvalue weighted by Crippen LogP contribution is -2.52. The van der Waals surface area contributed by atoms with Gasteiger partial charge < -0.3 is 15.7 Å². The lowest BCUT2D eigenvalue weighted by Gasteiger charge is -2.28. The van der Waals surface area contributed by atoms with Crippen molar-refractivity contribution in [3.63, 3.8) is 0 Å². The number of nitrogens with one attached hydrogen (secondary N) is 2. The summed E-state index contributed by atoms with van der Waals surface area (Å²) in [6.07, 6.45) is 1.76. The van der Waals surface area contributed by atoms with Crippen LogP contribution in [0.5, 0.6) is 0 Å². The Balaban J connectivity index is 2.72. The Labute approximate surface area is 129 Å². The highest BCUT2D eigenvalue weighted by Gasteiger charge is 2.33. The van der Waals surface area contributed by atoms with E-state index in [1.54, 1.807) is 32.1 Å². The molecule has 0 aliphatic carbocycles. The van der Waals surface area contributed by atoms with E-state index in [4.69, 9.17) is 0 Å². The van der Waals surface area contributed by atoms with Gasteiger partial charge in [0.1, 0.15) is 6.04 Å². The summed E-state index contributed by atoms with van der Waals surface area (Å²) in [5, 5.41) is 16.6. The van der Waals surface area contributed by atoms with Gasteiger partial charge >= 0.3 is 12.0 Å². The summed E-state index contributed by atoms with van der Waals surface area (Å²) in [6.45, 7) is 7.41. The maximum Gasteiger partial charge on any atom is 0.326 e. The maximum atomic E-state index is 12.1. The Hall–Kier alpha value is -1.56. The smallest absolute Gasteiger partial charge is 0.326 e. The van der Waals surface area contributed by atoms with E-state index in [-0.39, 0.29) is 6.04 Å². The zero-order chi connectivity index (χ0) is 16.0. The van der Waals surface area contributed by atoms with Gasteiger partial charge in [-0.05, 0) is 23.3 Å². The Morgan fingerprint density at radius 1 is 1.33 bits per heavy atom. The minimum Gasteiger partial charge on any atom is -0.480 e. The van der Waals surface area contributed by atoms with E-state index < -0.39 is 23.5 Å². The van der Waals surface area contributed by atoms with E-state index >= 15 is 0 Å². The third kappa shape index (κ3) is 5.38. The van der Waals surface area contributed by atoms with Gasteiger partial charge in [-0.1, -0.05) is 40.2 Å². The average molecular weight is 312 g/mol. The fourth-order valence-electron chi connectivity index (χ4n) is 2.04. The van der Waals surface area contributed by atoms with E-state index in [2.05, 4.69) is 17.6 Å². The van der Waals surface area contributed by atoms with Crippen molar-refractivity contribution in [2.24, 2.45) is 5.41 Å². The van der Waals surface area contributed by atoms with Crippen LogP contribution >= 0.6 is 11.3 Å². The second kappa shape index (κ2) is 7.45. The SMILES string of the molecule is CCCC(NC(=O)N[C@H](C(=O)O)C(C)(C)C)c1cccs1. The Kier molecular flexibility index (Phi) is 6.20. The molecule has 0 spiro atoms. The quantitative estimate of drug-likeness (QED) is 0.753. The molecule has 0 saturated carbocycles. The van der Waals surface area contributed by atoms with Crippen LogP contribution in [0.1, 0.15) is 51.5 Å². The fraction of sp³-hybridized carbons (Fsp3) is 0.600. The molecule has 0 aliphatic rings. The number of hydrogen-bond donors (Lipinski definition) is 3. The van der Waals surface area contributed by atoms with E-state index in [0.29, 0.717) is 0 Å². The van der Waals surface area contributed by atoms with Crippen LogP contribution in [0.4, 0.5) is 4.79 Å². The molecule has 0 saturated heterocycles. The molecule has 6 heteroatoms. The number of carbonyl (C=O) groups excluding carboxylic acids is 1. The van der Waals surface area contributed by atoms with Crippen molar-refractivity contribution < 1.29 is 14.7 Å². The summed E-state index contributed by atoms with van der Waals surface area (Å²) in [7, 11) is 0. The summed E-state index contributed by atoms with van der Waals surface area (Å²) >= 11 is 1.58. The third-order valence-corrected chi connectivity index (χ3v) is 4.14. The Bertz CT molecular complexity index is 466. The number of thiophene rings is 1. The highest BCUT2D eigenvalue weighted by atomic mass is 32.1. The van der Waals surface area contributed by atoms with Crippen molar-refractivity contribution in [2.45, 2.75) is 52.6 Å². The molecule has 0 aliphatic heterocycles. The molecule has 0 fully saturated rings. The molecule has 1 aromatic heterocycles. The van der Waals surface area contributed by atoms with Crippen LogP contribution in [0.15, 0.2) is 17.5 Å². The van der Waals surface area contributed by atoms with E-state index in [1.807, 2.05) is 17.5 Å².